The summed E-state index contributed by atoms with van der Waals surface area (Å²) in [7, 11) is 3.40. The van der Waals surface area contributed by atoms with Gasteiger partial charge in [-0.2, -0.15) is 0 Å². The number of carbonyl (C=O) groups excluding carboxylic acids is 1. The average Bonchev–Trinajstić information content (AvgIpc) is 2.37. The molecular weight excluding hydrogens is 263 g/mol. The summed E-state index contributed by atoms with van der Waals surface area (Å²) in [6, 6.07) is 4.04. The fraction of sp³-hybridized carbons (Fsp3) is 0.429. The molecule has 0 aliphatic rings. The third-order valence-corrected chi connectivity index (χ3v) is 3.00. The van der Waals surface area contributed by atoms with Crippen LogP contribution in [0.5, 0.6) is 0 Å². The summed E-state index contributed by atoms with van der Waals surface area (Å²) in [5.74, 6) is -2.25. The van der Waals surface area contributed by atoms with Gasteiger partial charge in [0.15, 0.2) is 0 Å². The number of rotatable bonds is 6. The maximum absolute atomic E-state index is 13.5. The largest absolute Gasteiger partial charge is 0.478 e. The zero-order valence-corrected chi connectivity index (χ0v) is 11.8. The molecule has 110 valence electrons. The van der Waals surface area contributed by atoms with Crippen molar-refractivity contribution >= 4 is 11.9 Å². The van der Waals surface area contributed by atoms with Crippen molar-refractivity contribution < 1.29 is 19.1 Å². The Hall–Kier alpha value is -1.95. The number of carbonyl (C=O) groups is 2. The second-order valence-corrected chi connectivity index (χ2v) is 4.83. The molecule has 1 aromatic carbocycles. The first-order chi connectivity index (χ1) is 9.35. The molecule has 0 radical (unpaired) electrons. The summed E-state index contributed by atoms with van der Waals surface area (Å²) < 4.78 is 13.5. The number of carboxylic acids is 1. The molecule has 5 nitrogen and oxygen atoms in total. The number of carboxylic acid groups (broad SMARTS) is 1. The van der Waals surface area contributed by atoms with Crippen LogP contribution < -0.4 is 5.32 Å². The molecule has 1 atom stereocenters. The molecule has 0 fully saturated rings. The van der Waals surface area contributed by atoms with Crippen LogP contribution in [0.25, 0.3) is 0 Å². The van der Waals surface area contributed by atoms with Crippen molar-refractivity contribution in [3.8, 4) is 0 Å². The third-order valence-electron chi connectivity index (χ3n) is 3.00. The predicted molar refractivity (Wildman–Crippen MR) is 72.9 cm³/mol. The normalized spacial score (nSPS) is 12.2. The molecule has 2 N–H and O–H groups in total. The van der Waals surface area contributed by atoms with Gasteiger partial charge in [0.25, 0.3) is 0 Å². The van der Waals surface area contributed by atoms with Crippen molar-refractivity contribution in [3.05, 3.63) is 35.1 Å². The number of hydrogen-bond donors (Lipinski definition) is 2. The van der Waals surface area contributed by atoms with E-state index in [0.717, 1.165) is 0 Å². The van der Waals surface area contributed by atoms with Crippen LogP contribution in [0.3, 0.4) is 0 Å². The number of benzene rings is 1. The van der Waals surface area contributed by atoms with Gasteiger partial charge in [0, 0.05) is 26.1 Å². The van der Waals surface area contributed by atoms with Crippen molar-refractivity contribution in [2.45, 2.75) is 13.5 Å². The minimum absolute atomic E-state index is 0.0516. The molecule has 1 amide bonds. The van der Waals surface area contributed by atoms with Crippen LogP contribution in [0.15, 0.2) is 18.2 Å². The smallest absolute Gasteiger partial charge is 0.338 e. The highest BCUT2D eigenvalue weighted by Gasteiger charge is 2.15. The van der Waals surface area contributed by atoms with Gasteiger partial charge < -0.3 is 15.3 Å². The van der Waals surface area contributed by atoms with Gasteiger partial charge in [0.1, 0.15) is 5.82 Å². The van der Waals surface area contributed by atoms with E-state index in [0.29, 0.717) is 18.7 Å². The Morgan fingerprint density at radius 1 is 1.45 bits per heavy atom. The molecular formula is C14H19FN2O3. The van der Waals surface area contributed by atoms with Crippen LogP contribution in [0.1, 0.15) is 22.8 Å². The van der Waals surface area contributed by atoms with Crippen molar-refractivity contribution in [1.82, 2.24) is 10.2 Å². The lowest BCUT2D eigenvalue weighted by molar-refractivity contribution is -0.124. The van der Waals surface area contributed by atoms with Gasteiger partial charge in [-0.05, 0) is 24.7 Å². The fourth-order valence-corrected chi connectivity index (χ4v) is 2.00. The summed E-state index contributed by atoms with van der Waals surface area (Å²) in [6.07, 6.45) is 0. The van der Waals surface area contributed by atoms with E-state index in [9.17, 15) is 14.0 Å². The number of hydrogen-bond acceptors (Lipinski definition) is 3. The van der Waals surface area contributed by atoms with Crippen LogP contribution >= 0.6 is 0 Å². The summed E-state index contributed by atoms with van der Waals surface area (Å²) >= 11 is 0. The van der Waals surface area contributed by atoms with Crippen molar-refractivity contribution in [2.24, 2.45) is 5.92 Å². The molecule has 0 bridgehead atoms. The van der Waals surface area contributed by atoms with E-state index in [4.69, 9.17) is 5.11 Å². The number of aromatic carboxylic acids is 1. The van der Waals surface area contributed by atoms with E-state index < -0.39 is 11.8 Å². The Bertz CT molecular complexity index is 505. The van der Waals surface area contributed by atoms with Gasteiger partial charge in [-0.25, -0.2) is 9.18 Å². The van der Waals surface area contributed by atoms with Crippen molar-refractivity contribution in [1.29, 1.82) is 0 Å². The highest BCUT2D eigenvalue weighted by atomic mass is 19.1. The minimum Gasteiger partial charge on any atom is -0.478 e. The first-order valence-corrected chi connectivity index (χ1v) is 6.27. The molecule has 1 aromatic rings. The maximum Gasteiger partial charge on any atom is 0.338 e. The standard InChI is InChI=1S/C14H19FN2O3/c1-9(13(18)16-2)7-17(3)8-10-4-5-11(14(19)20)12(15)6-10/h4-6,9H,7-8H2,1-3H3,(H,16,18)(H,19,20). The van der Waals surface area contributed by atoms with Gasteiger partial charge in [-0.3, -0.25) is 4.79 Å². The van der Waals surface area contributed by atoms with Gasteiger partial charge in [-0.15, -0.1) is 0 Å². The molecule has 0 spiro atoms. The minimum atomic E-state index is -1.28. The predicted octanol–water partition coefficient (Wildman–Crippen LogP) is 1.34. The molecule has 0 saturated heterocycles. The molecule has 0 aromatic heterocycles. The van der Waals surface area contributed by atoms with Crippen LogP contribution in [0, 0.1) is 11.7 Å². The number of nitrogens with one attached hydrogen (secondary N) is 1. The van der Waals surface area contributed by atoms with Crippen LogP contribution in [0.4, 0.5) is 4.39 Å². The Kier molecular flexibility index (Phi) is 5.64. The monoisotopic (exact) mass is 282 g/mol. The quantitative estimate of drug-likeness (QED) is 0.826. The average molecular weight is 282 g/mol. The second kappa shape index (κ2) is 7.00. The first-order valence-electron chi connectivity index (χ1n) is 6.27. The highest BCUT2D eigenvalue weighted by molar-refractivity contribution is 5.87. The highest BCUT2D eigenvalue weighted by Crippen LogP contribution is 2.12. The Morgan fingerprint density at radius 2 is 2.10 bits per heavy atom. The van der Waals surface area contributed by atoms with E-state index in [-0.39, 0.29) is 17.4 Å². The molecule has 0 saturated carbocycles. The van der Waals surface area contributed by atoms with Gasteiger partial charge in [0.2, 0.25) is 5.91 Å². The topological polar surface area (TPSA) is 69.6 Å². The van der Waals surface area contributed by atoms with Gasteiger partial charge >= 0.3 is 5.97 Å². The second-order valence-electron chi connectivity index (χ2n) is 4.83. The number of halogens is 1. The Balaban J connectivity index is 2.67. The van der Waals surface area contributed by atoms with Crippen molar-refractivity contribution in [3.63, 3.8) is 0 Å². The maximum atomic E-state index is 13.5. The molecule has 6 heteroatoms. The van der Waals surface area contributed by atoms with Crippen LogP contribution in [-0.2, 0) is 11.3 Å². The first kappa shape index (κ1) is 16.1. The lowest BCUT2D eigenvalue weighted by Gasteiger charge is -2.20. The lowest BCUT2D eigenvalue weighted by atomic mass is 10.1. The summed E-state index contributed by atoms with van der Waals surface area (Å²) in [4.78, 5) is 24.0. The van der Waals surface area contributed by atoms with Gasteiger partial charge in [-0.1, -0.05) is 13.0 Å². The number of amides is 1. The molecule has 0 heterocycles. The van der Waals surface area contributed by atoms with E-state index >= 15 is 0 Å². The molecule has 0 aliphatic heterocycles. The SMILES string of the molecule is CNC(=O)C(C)CN(C)Cc1ccc(C(=O)O)c(F)c1. The van der Waals surface area contributed by atoms with E-state index in [2.05, 4.69) is 5.32 Å². The molecule has 1 unspecified atom stereocenters. The summed E-state index contributed by atoms with van der Waals surface area (Å²) in [6.45, 7) is 2.78. The van der Waals surface area contributed by atoms with Crippen LogP contribution in [0.2, 0.25) is 0 Å². The van der Waals surface area contributed by atoms with Crippen LogP contribution in [-0.4, -0.2) is 42.5 Å². The Labute approximate surface area is 117 Å². The zero-order chi connectivity index (χ0) is 15.3. The summed E-state index contributed by atoms with van der Waals surface area (Å²) in [5, 5.41) is 11.3. The summed E-state index contributed by atoms with van der Waals surface area (Å²) in [5.41, 5.74) is 0.328. The molecule has 0 aliphatic carbocycles. The zero-order valence-electron chi connectivity index (χ0n) is 11.8. The van der Waals surface area contributed by atoms with E-state index in [1.165, 1.54) is 12.1 Å². The van der Waals surface area contributed by atoms with Crippen molar-refractivity contribution in [2.75, 3.05) is 20.6 Å². The molecule has 20 heavy (non-hydrogen) atoms. The number of nitrogens with zero attached hydrogens (tertiary/aromatic N) is 1. The fourth-order valence-electron chi connectivity index (χ4n) is 2.00. The Morgan fingerprint density at radius 3 is 2.60 bits per heavy atom. The molecule has 1 rings (SSSR count). The van der Waals surface area contributed by atoms with Gasteiger partial charge in [0.05, 0.1) is 5.56 Å². The van der Waals surface area contributed by atoms with E-state index in [1.54, 1.807) is 13.1 Å². The third kappa shape index (κ3) is 4.31. The lowest BCUT2D eigenvalue weighted by Crippen LogP contribution is -2.34. The van der Waals surface area contributed by atoms with E-state index in [1.807, 2.05) is 18.9 Å².